The molecule has 5 nitrogen and oxygen atoms in total. The van der Waals surface area contributed by atoms with E-state index in [9.17, 15) is 4.79 Å². The second-order valence-electron chi connectivity index (χ2n) is 4.58. The molecule has 18 heavy (non-hydrogen) atoms. The molecule has 0 aliphatic rings. The second-order valence-corrected chi connectivity index (χ2v) is 4.58. The van der Waals surface area contributed by atoms with Crippen LogP contribution < -0.4 is 10.6 Å². The van der Waals surface area contributed by atoms with Crippen LogP contribution in [-0.2, 0) is 18.3 Å². The quantitative estimate of drug-likeness (QED) is 0.702. The molecule has 0 aliphatic heterocycles. The molecule has 1 heterocycles. The minimum absolute atomic E-state index is 0.119. The number of aryl methyl sites for hydroxylation is 2. The summed E-state index contributed by atoms with van der Waals surface area (Å²) in [6.07, 6.45) is 2.27. The largest absolute Gasteiger partial charge is 0.356 e. The molecule has 0 saturated carbocycles. The summed E-state index contributed by atoms with van der Waals surface area (Å²) in [5, 5.41) is 10.3. The first-order chi connectivity index (χ1) is 8.56. The number of rotatable bonds is 7. The lowest BCUT2D eigenvalue weighted by molar-refractivity contribution is -0.121. The van der Waals surface area contributed by atoms with Gasteiger partial charge in [-0.25, -0.2) is 0 Å². The highest BCUT2D eigenvalue weighted by atomic mass is 16.1. The van der Waals surface area contributed by atoms with Crippen molar-refractivity contribution in [3.05, 3.63) is 17.0 Å². The Balaban J connectivity index is 2.34. The molecular formula is C13H24N4O. The van der Waals surface area contributed by atoms with Gasteiger partial charge in [-0.1, -0.05) is 0 Å². The van der Waals surface area contributed by atoms with Gasteiger partial charge in [0.1, 0.15) is 0 Å². The van der Waals surface area contributed by atoms with E-state index in [0.29, 0.717) is 6.42 Å². The van der Waals surface area contributed by atoms with Gasteiger partial charge in [-0.2, -0.15) is 5.10 Å². The molecule has 0 saturated heterocycles. The predicted molar refractivity (Wildman–Crippen MR) is 72.6 cm³/mol. The van der Waals surface area contributed by atoms with Gasteiger partial charge in [0.2, 0.25) is 5.91 Å². The summed E-state index contributed by atoms with van der Waals surface area (Å²) in [5.41, 5.74) is 3.37. The lowest BCUT2D eigenvalue weighted by atomic mass is 10.1. The van der Waals surface area contributed by atoms with Gasteiger partial charge in [0.25, 0.3) is 0 Å². The Hall–Kier alpha value is -1.36. The highest BCUT2D eigenvalue weighted by molar-refractivity contribution is 5.76. The fourth-order valence-electron chi connectivity index (χ4n) is 2.00. The molecule has 102 valence electrons. The van der Waals surface area contributed by atoms with Crippen LogP contribution in [0.5, 0.6) is 0 Å². The maximum Gasteiger partial charge on any atom is 0.220 e. The first-order valence-corrected chi connectivity index (χ1v) is 6.46. The molecule has 0 unspecified atom stereocenters. The van der Waals surface area contributed by atoms with Crippen molar-refractivity contribution >= 4 is 5.91 Å². The van der Waals surface area contributed by atoms with Crippen molar-refractivity contribution in [2.75, 3.05) is 20.1 Å². The summed E-state index contributed by atoms with van der Waals surface area (Å²) in [5.74, 6) is 0.119. The fraction of sp³-hybridized carbons (Fsp3) is 0.692. The predicted octanol–water partition coefficient (Wildman–Crippen LogP) is 0.695. The van der Waals surface area contributed by atoms with Crippen LogP contribution in [0, 0.1) is 13.8 Å². The minimum atomic E-state index is 0.119. The molecule has 0 atom stereocenters. The van der Waals surface area contributed by atoms with Crippen molar-refractivity contribution in [2.45, 2.75) is 33.1 Å². The minimum Gasteiger partial charge on any atom is -0.356 e. The van der Waals surface area contributed by atoms with E-state index in [4.69, 9.17) is 0 Å². The molecule has 1 aromatic heterocycles. The molecule has 0 aromatic carbocycles. The van der Waals surface area contributed by atoms with Crippen molar-refractivity contribution in [1.82, 2.24) is 20.4 Å². The van der Waals surface area contributed by atoms with Crippen LogP contribution >= 0.6 is 0 Å². The van der Waals surface area contributed by atoms with E-state index in [-0.39, 0.29) is 5.91 Å². The number of hydrogen-bond donors (Lipinski definition) is 2. The molecule has 0 bridgehead atoms. The van der Waals surface area contributed by atoms with Gasteiger partial charge in [0, 0.05) is 25.7 Å². The summed E-state index contributed by atoms with van der Waals surface area (Å²) in [6.45, 7) is 5.71. The SMILES string of the molecule is CNCCCNC(=O)CCc1c(C)nn(C)c1C. The second kappa shape index (κ2) is 7.16. The summed E-state index contributed by atoms with van der Waals surface area (Å²) in [6, 6.07) is 0. The third kappa shape index (κ3) is 4.14. The van der Waals surface area contributed by atoms with E-state index >= 15 is 0 Å². The van der Waals surface area contributed by atoms with Crippen LogP contribution in [0.4, 0.5) is 0 Å². The third-order valence-corrected chi connectivity index (χ3v) is 3.19. The average molecular weight is 252 g/mol. The van der Waals surface area contributed by atoms with Gasteiger partial charge in [-0.3, -0.25) is 9.48 Å². The number of carbonyl (C=O) groups excluding carboxylic acids is 1. The fourth-order valence-corrected chi connectivity index (χ4v) is 2.00. The Morgan fingerprint density at radius 1 is 1.33 bits per heavy atom. The summed E-state index contributed by atoms with van der Waals surface area (Å²) in [7, 11) is 3.85. The Morgan fingerprint density at radius 2 is 2.06 bits per heavy atom. The smallest absolute Gasteiger partial charge is 0.220 e. The van der Waals surface area contributed by atoms with Gasteiger partial charge in [0.15, 0.2) is 0 Å². The molecule has 1 amide bonds. The number of nitrogens with zero attached hydrogens (tertiary/aromatic N) is 2. The first kappa shape index (κ1) is 14.7. The standard InChI is InChI=1S/C13H24N4O/c1-10-12(11(2)17(4)16-10)6-7-13(18)15-9-5-8-14-3/h14H,5-9H2,1-4H3,(H,15,18). The van der Waals surface area contributed by atoms with E-state index in [1.165, 1.54) is 5.56 Å². The molecule has 0 spiro atoms. The van der Waals surface area contributed by atoms with Crippen molar-refractivity contribution in [3.8, 4) is 0 Å². The number of aromatic nitrogens is 2. The Labute approximate surface area is 109 Å². The van der Waals surface area contributed by atoms with Gasteiger partial charge < -0.3 is 10.6 Å². The lowest BCUT2D eigenvalue weighted by Crippen LogP contribution is -2.26. The van der Waals surface area contributed by atoms with Crippen LogP contribution in [0.25, 0.3) is 0 Å². The van der Waals surface area contributed by atoms with Gasteiger partial charge in [0.05, 0.1) is 5.69 Å². The van der Waals surface area contributed by atoms with Crippen molar-refractivity contribution < 1.29 is 4.79 Å². The van der Waals surface area contributed by atoms with Crippen LogP contribution in [0.3, 0.4) is 0 Å². The number of hydrogen-bond acceptors (Lipinski definition) is 3. The van der Waals surface area contributed by atoms with Gasteiger partial charge >= 0.3 is 0 Å². The van der Waals surface area contributed by atoms with Crippen LogP contribution in [-0.4, -0.2) is 35.8 Å². The van der Waals surface area contributed by atoms with E-state index in [1.54, 1.807) is 0 Å². The maximum absolute atomic E-state index is 11.7. The van der Waals surface area contributed by atoms with Gasteiger partial charge in [-0.05, 0) is 45.8 Å². The topological polar surface area (TPSA) is 58.9 Å². The normalized spacial score (nSPS) is 10.7. The first-order valence-electron chi connectivity index (χ1n) is 6.46. The Bertz CT molecular complexity index is 398. The van der Waals surface area contributed by atoms with Crippen LogP contribution in [0.1, 0.15) is 29.8 Å². The average Bonchev–Trinajstić information content (AvgIpc) is 2.57. The van der Waals surface area contributed by atoms with Crippen molar-refractivity contribution in [3.63, 3.8) is 0 Å². The molecule has 1 aromatic rings. The zero-order chi connectivity index (χ0) is 13.5. The molecule has 0 fully saturated rings. The summed E-state index contributed by atoms with van der Waals surface area (Å²) in [4.78, 5) is 11.7. The summed E-state index contributed by atoms with van der Waals surface area (Å²) >= 11 is 0. The van der Waals surface area contributed by atoms with Crippen molar-refractivity contribution in [2.24, 2.45) is 7.05 Å². The number of nitrogens with one attached hydrogen (secondary N) is 2. The Morgan fingerprint density at radius 3 is 2.61 bits per heavy atom. The van der Waals surface area contributed by atoms with E-state index in [1.807, 2.05) is 32.6 Å². The van der Waals surface area contributed by atoms with E-state index in [2.05, 4.69) is 15.7 Å². The molecule has 1 rings (SSSR count). The molecular weight excluding hydrogens is 228 g/mol. The van der Waals surface area contributed by atoms with Gasteiger partial charge in [-0.15, -0.1) is 0 Å². The molecule has 0 radical (unpaired) electrons. The highest BCUT2D eigenvalue weighted by Gasteiger charge is 2.10. The van der Waals surface area contributed by atoms with E-state index in [0.717, 1.165) is 37.3 Å². The number of carbonyl (C=O) groups is 1. The molecule has 2 N–H and O–H groups in total. The monoisotopic (exact) mass is 252 g/mol. The third-order valence-electron chi connectivity index (χ3n) is 3.19. The molecule has 0 aliphatic carbocycles. The van der Waals surface area contributed by atoms with Crippen LogP contribution in [0.15, 0.2) is 0 Å². The summed E-state index contributed by atoms with van der Waals surface area (Å²) < 4.78 is 1.87. The van der Waals surface area contributed by atoms with E-state index < -0.39 is 0 Å². The lowest BCUT2D eigenvalue weighted by Gasteiger charge is -2.05. The zero-order valence-corrected chi connectivity index (χ0v) is 11.8. The van der Waals surface area contributed by atoms with Crippen molar-refractivity contribution in [1.29, 1.82) is 0 Å². The van der Waals surface area contributed by atoms with Crippen LogP contribution in [0.2, 0.25) is 0 Å². The number of amides is 1. The highest BCUT2D eigenvalue weighted by Crippen LogP contribution is 2.13. The maximum atomic E-state index is 11.7. The zero-order valence-electron chi connectivity index (χ0n) is 11.8. The molecule has 5 heteroatoms. The Kier molecular flexibility index (Phi) is 5.85.